The molecule has 2 amide bonds. The van der Waals surface area contributed by atoms with Crippen LogP contribution < -0.4 is 20.1 Å². The van der Waals surface area contributed by atoms with Crippen LogP contribution in [0.2, 0.25) is 0 Å². The maximum absolute atomic E-state index is 12.3. The average molecular weight is 318 g/mol. The molecule has 3 rings (SSSR count). The first-order valence-electron chi connectivity index (χ1n) is 8.14. The third-order valence-electron chi connectivity index (χ3n) is 4.25. The van der Waals surface area contributed by atoms with E-state index in [-0.39, 0.29) is 17.9 Å². The van der Waals surface area contributed by atoms with E-state index >= 15 is 0 Å². The molecule has 1 aromatic rings. The Labute approximate surface area is 135 Å². The van der Waals surface area contributed by atoms with Gasteiger partial charge in [-0.1, -0.05) is 12.8 Å². The quantitative estimate of drug-likeness (QED) is 0.885. The van der Waals surface area contributed by atoms with Crippen LogP contribution in [-0.2, 0) is 4.79 Å². The molecule has 1 saturated carbocycles. The molecule has 2 N–H and O–H groups in total. The molecular weight excluding hydrogens is 296 g/mol. The maximum Gasteiger partial charge on any atom is 0.252 e. The number of rotatable bonds is 4. The summed E-state index contributed by atoms with van der Waals surface area (Å²) in [6.45, 7) is 2.68. The summed E-state index contributed by atoms with van der Waals surface area (Å²) in [5.41, 5.74) is 0.453. The number of carbonyl (C=O) groups excluding carboxylic acids is 2. The van der Waals surface area contributed by atoms with E-state index < -0.39 is 6.04 Å². The lowest BCUT2D eigenvalue weighted by atomic mass is 10.1. The van der Waals surface area contributed by atoms with Crippen molar-refractivity contribution in [1.82, 2.24) is 10.6 Å². The zero-order valence-electron chi connectivity index (χ0n) is 13.3. The first-order chi connectivity index (χ1) is 11.1. The summed E-state index contributed by atoms with van der Waals surface area (Å²) in [4.78, 5) is 24.4. The van der Waals surface area contributed by atoms with E-state index in [4.69, 9.17) is 9.47 Å². The summed E-state index contributed by atoms with van der Waals surface area (Å²) < 4.78 is 10.9. The Kier molecular flexibility index (Phi) is 4.69. The second kappa shape index (κ2) is 6.89. The Morgan fingerprint density at radius 2 is 1.83 bits per heavy atom. The number of hydrogen-bond donors (Lipinski definition) is 2. The highest BCUT2D eigenvalue weighted by atomic mass is 16.6. The molecule has 0 spiro atoms. The van der Waals surface area contributed by atoms with Crippen LogP contribution in [0, 0.1) is 0 Å². The smallest absolute Gasteiger partial charge is 0.252 e. The minimum absolute atomic E-state index is 0.136. The molecule has 1 fully saturated rings. The molecule has 2 aliphatic rings. The van der Waals surface area contributed by atoms with Crippen LogP contribution in [0.25, 0.3) is 0 Å². The topological polar surface area (TPSA) is 76.7 Å². The third-order valence-corrected chi connectivity index (χ3v) is 4.25. The number of benzene rings is 1. The van der Waals surface area contributed by atoms with Crippen molar-refractivity contribution in [2.24, 2.45) is 0 Å². The van der Waals surface area contributed by atoms with Crippen LogP contribution in [0.5, 0.6) is 11.5 Å². The lowest BCUT2D eigenvalue weighted by molar-refractivity contribution is -0.123. The van der Waals surface area contributed by atoms with Crippen molar-refractivity contribution in [2.75, 3.05) is 13.2 Å². The number of fused-ring (bicyclic) bond motifs is 1. The number of amides is 2. The van der Waals surface area contributed by atoms with E-state index in [0.29, 0.717) is 30.3 Å². The largest absolute Gasteiger partial charge is 0.486 e. The predicted molar refractivity (Wildman–Crippen MR) is 84.8 cm³/mol. The molecule has 1 aromatic carbocycles. The number of hydrogen-bond acceptors (Lipinski definition) is 4. The van der Waals surface area contributed by atoms with E-state index in [2.05, 4.69) is 10.6 Å². The Hall–Kier alpha value is -2.24. The number of carbonyl (C=O) groups is 2. The van der Waals surface area contributed by atoms with Crippen LogP contribution >= 0.6 is 0 Å². The zero-order valence-corrected chi connectivity index (χ0v) is 13.3. The minimum atomic E-state index is -0.573. The van der Waals surface area contributed by atoms with Gasteiger partial charge in [0.25, 0.3) is 5.91 Å². The van der Waals surface area contributed by atoms with Gasteiger partial charge in [-0.3, -0.25) is 9.59 Å². The van der Waals surface area contributed by atoms with Crippen LogP contribution in [0.1, 0.15) is 43.0 Å². The van der Waals surface area contributed by atoms with Crippen LogP contribution in [0.4, 0.5) is 0 Å². The van der Waals surface area contributed by atoms with Crippen molar-refractivity contribution in [3.63, 3.8) is 0 Å². The van der Waals surface area contributed by atoms with Crippen molar-refractivity contribution in [3.05, 3.63) is 23.8 Å². The molecular formula is C17H22N2O4. The van der Waals surface area contributed by atoms with Crippen molar-refractivity contribution in [1.29, 1.82) is 0 Å². The summed E-state index contributed by atoms with van der Waals surface area (Å²) in [6.07, 6.45) is 4.36. The molecule has 1 heterocycles. The van der Waals surface area contributed by atoms with Crippen molar-refractivity contribution >= 4 is 11.8 Å². The highest BCUT2D eigenvalue weighted by molar-refractivity contribution is 5.98. The lowest BCUT2D eigenvalue weighted by Gasteiger charge is -2.20. The van der Waals surface area contributed by atoms with Gasteiger partial charge < -0.3 is 20.1 Å². The molecule has 6 heteroatoms. The Morgan fingerprint density at radius 3 is 2.57 bits per heavy atom. The predicted octanol–water partition coefficient (Wildman–Crippen LogP) is 1.63. The normalized spacial score (nSPS) is 18.3. The Morgan fingerprint density at radius 1 is 1.13 bits per heavy atom. The summed E-state index contributed by atoms with van der Waals surface area (Å²) >= 11 is 0. The van der Waals surface area contributed by atoms with Crippen molar-refractivity contribution in [2.45, 2.75) is 44.7 Å². The number of ether oxygens (including phenoxy) is 2. The molecule has 1 aliphatic carbocycles. The van der Waals surface area contributed by atoms with E-state index in [1.807, 2.05) is 0 Å². The van der Waals surface area contributed by atoms with E-state index in [0.717, 1.165) is 25.7 Å². The summed E-state index contributed by atoms with van der Waals surface area (Å²) in [5, 5.41) is 5.72. The maximum atomic E-state index is 12.3. The summed E-state index contributed by atoms with van der Waals surface area (Å²) in [5.74, 6) is 0.769. The second-order valence-corrected chi connectivity index (χ2v) is 6.04. The molecule has 1 aliphatic heterocycles. The van der Waals surface area contributed by atoms with Gasteiger partial charge >= 0.3 is 0 Å². The molecule has 6 nitrogen and oxygen atoms in total. The van der Waals surface area contributed by atoms with Gasteiger partial charge in [0.15, 0.2) is 11.5 Å². The van der Waals surface area contributed by atoms with E-state index in [1.165, 1.54) is 0 Å². The fourth-order valence-electron chi connectivity index (χ4n) is 2.93. The third kappa shape index (κ3) is 3.75. The first kappa shape index (κ1) is 15.6. The van der Waals surface area contributed by atoms with Crippen molar-refractivity contribution < 1.29 is 19.1 Å². The van der Waals surface area contributed by atoms with Gasteiger partial charge in [-0.25, -0.2) is 0 Å². The van der Waals surface area contributed by atoms with Gasteiger partial charge in [0.1, 0.15) is 19.3 Å². The average Bonchev–Trinajstić information content (AvgIpc) is 3.07. The zero-order chi connectivity index (χ0) is 16.2. The first-order valence-corrected chi connectivity index (χ1v) is 8.14. The summed E-state index contributed by atoms with van der Waals surface area (Å²) in [6, 6.07) is 4.70. The second-order valence-electron chi connectivity index (χ2n) is 6.04. The molecule has 0 radical (unpaired) electrons. The monoisotopic (exact) mass is 318 g/mol. The van der Waals surface area contributed by atoms with E-state index in [9.17, 15) is 9.59 Å². The van der Waals surface area contributed by atoms with Gasteiger partial charge in [0.05, 0.1) is 0 Å². The number of nitrogens with one attached hydrogen (secondary N) is 2. The molecule has 0 bridgehead atoms. The standard InChI is InChI=1S/C17H22N2O4/c1-11(16(20)19-13-4-2-3-5-13)18-17(21)12-6-7-14-15(10-12)23-9-8-22-14/h6-7,10-11,13H,2-5,8-9H2,1H3,(H,18,21)(H,19,20)/t11-/m1/s1. The van der Waals surface area contributed by atoms with Gasteiger partial charge in [-0.2, -0.15) is 0 Å². The Balaban J connectivity index is 1.58. The van der Waals surface area contributed by atoms with E-state index in [1.54, 1.807) is 25.1 Å². The molecule has 124 valence electrons. The lowest BCUT2D eigenvalue weighted by Crippen LogP contribution is -2.47. The van der Waals surface area contributed by atoms with Crippen LogP contribution in [0.15, 0.2) is 18.2 Å². The van der Waals surface area contributed by atoms with Crippen molar-refractivity contribution in [3.8, 4) is 11.5 Å². The molecule has 0 aromatic heterocycles. The van der Waals surface area contributed by atoms with Gasteiger partial charge in [0.2, 0.25) is 5.91 Å². The molecule has 0 unspecified atom stereocenters. The highest BCUT2D eigenvalue weighted by Crippen LogP contribution is 2.30. The fraction of sp³-hybridized carbons (Fsp3) is 0.529. The molecule has 0 saturated heterocycles. The van der Waals surface area contributed by atoms with Gasteiger partial charge in [-0.15, -0.1) is 0 Å². The van der Waals surface area contributed by atoms with Gasteiger partial charge in [-0.05, 0) is 38.0 Å². The summed E-state index contributed by atoms with van der Waals surface area (Å²) in [7, 11) is 0. The van der Waals surface area contributed by atoms with Gasteiger partial charge in [0, 0.05) is 11.6 Å². The fourth-order valence-corrected chi connectivity index (χ4v) is 2.93. The van der Waals surface area contributed by atoms with Crippen LogP contribution in [0.3, 0.4) is 0 Å². The Bertz CT molecular complexity index is 596. The molecule has 23 heavy (non-hydrogen) atoms. The minimum Gasteiger partial charge on any atom is -0.486 e. The van der Waals surface area contributed by atoms with Crippen LogP contribution in [-0.4, -0.2) is 37.1 Å². The highest BCUT2D eigenvalue weighted by Gasteiger charge is 2.22. The SMILES string of the molecule is C[C@@H](NC(=O)c1ccc2c(c1)OCCO2)C(=O)NC1CCCC1. The molecule has 1 atom stereocenters.